The van der Waals surface area contributed by atoms with Crippen LogP contribution in [-0.2, 0) is 0 Å². The minimum Gasteiger partial charge on any atom is -0.458 e. The van der Waals surface area contributed by atoms with Gasteiger partial charge in [0, 0.05) is 35.4 Å². The molecule has 4 saturated carbocycles. The molecule has 4 aliphatic carbocycles. The molecule has 48 heavy (non-hydrogen) atoms. The summed E-state index contributed by atoms with van der Waals surface area (Å²) in [5.41, 5.74) is 6.59. The van der Waals surface area contributed by atoms with E-state index >= 15 is 0 Å². The van der Waals surface area contributed by atoms with Gasteiger partial charge in [0.05, 0.1) is 0 Å². The van der Waals surface area contributed by atoms with E-state index in [0.717, 1.165) is 46.7 Å². The molecule has 3 aromatic rings. The Morgan fingerprint density at radius 1 is 0.542 bits per heavy atom. The summed E-state index contributed by atoms with van der Waals surface area (Å²) >= 11 is 0. The van der Waals surface area contributed by atoms with Gasteiger partial charge in [-0.1, -0.05) is 91.8 Å². The number of fused-ring (bicyclic) bond motifs is 6. The third kappa shape index (κ3) is 4.59. The maximum Gasteiger partial charge on any atom is 0.260 e. The van der Waals surface area contributed by atoms with Crippen LogP contribution >= 0.6 is 0 Å². The Morgan fingerprint density at radius 3 is 1.42 bits per heavy atom. The first-order chi connectivity index (χ1) is 22.7. The molecule has 0 N–H and O–H groups in total. The third-order valence-corrected chi connectivity index (χ3v) is 14.8. The largest absolute Gasteiger partial charge is 0.458 e. The third-order valence-electron chi connectivity index (χ3n) is 14.8. The molecule has 3 nitrogen and oxygen atoms in total. The lowest BCUT2D eigenvalue weighted by Crippen LogP contribution is -2.57. The van der Waals surface area contributed by atoms with Gasteiger partial charge in [0.15, 0.2) is 0 Å². The molecule has 252 valence electrons. The van der Waals surface area contributed by atoms with Crippen LogP contribution in [0.4, 0.5) is 5.69 Å². The molecule has 6 atom stereocenters. The number of benzene rings is 3. The summed E-state index contributed by atoms with van der Waals surface area (Å²) in [6.07, 6.45) is 10.5. The van der Waals surface area contributed by atoms with Crippen LogP contribution in [0.25, 0.3) is 0 Å². The lowest BCUT2D eigenvalue weighted by atomic mass is 9.35. The molecule has 0 saturated heterocycles. The fourth-order valence-corrected chi connectivity index (χ4v) is 13.5. The van der Waals surface area contributed by atoms with Gasteiger partial charge in [0.1, 0.15) is 23.0 Å². The molecule has 3 aromatic carbocycles. The van der Waals surface area contributed by atoms with Gasteiger partial charge < -0.3 is 14.4 Å². The summed E-state index contributed by atoms with van der Waals surface area (Å²) in [6, 6.07) is 23.2. The molecule has 2 heterocycles. The van der Waals surface area contributed by atoms with Crippen LogP contribution in [0.2, 0.25) is 0 Å². The first-order valence-corrected chi connectivity index (χ1v) is 19.2. The minimum atomic E-state index is 0.126. The molecule has 6 unspecified atom stereocenters. The standard InChI is InChI=1S/C44H56BNO2/c1-41(2)25-43(5,6)32-21-27(17-19-30(32)41)46(28-18-20-31-33(22-28)44(7,8)26-42(31,3)4)29-23-38-40-39(24-29)48-37-16-12-10-14-35(37)45(40)34-13-9-11-15-36(34)47-38/h9-16,23-24,27-28,30-33H,17-22,25-26H2,1-8H3. The molecule has 0 bridgehead atoms. The fraction of sp³-hybridized carbons (Fsp3) is 0.591. The Balaban J connectivity index is 1.16. The topological polar surface area (TPSA) is 21.7 Å². The number of hydrogen-bond donors (Lipinski definition) is 0. The number of anilines is 1. The molecule has 0 radical (unpaired) electrons. The second kappa shape index (κ2) is 10.3. The monoisotopic (exact) mass is 641 g/mol. The highest BCUT2D eigenvalue weighted by Crippen LogP contribution is 2.64. The smallest absolute Gasteiger partial charge is 0.260 e. The van der Waals surface area contributed by atoms with Crippen molar-refractivity contribution in [1.82, 2.24) is 0 Å². The highest BCUT2D eigenvalue weighted by atomic mass is 16.5. The molecular formula is C44H56BNO2. The number of para-hydroxylation sites is 2. The van der Waals surface area contributed by atoms with Gasteiger partial charge in [-0.15, -0.1) is 0 Å². The van der Waals surface area contributed by atoms with Gasteiger partial charge >= 0.3 is 0 Å². The average molecular weight is 642 g/mol. The SMILES string of the molecule is CC1(C)CC(C)(C)C2CC(N(c3cc4c5c(c3)Oc3ccccc3B5c3ccccc3O4)C3CCC4C(C3)C(C)(C)CC4(C)C)CCC21. The van der Waals surface area contributed by atoms with E-state index in [0.29, 0.717) is 33.7 Å². The lowest BCUT2D eigenvalue weighted by molar-refractivity contribution is 0.0961. The molecule has 4 heteroatoms. The fourth-order valence-electron chi connectivity index (χ4n) is 13.5. The van der Waals surface area contributed by atoms with Crippen LogP contribution < -0.4 is 30.8 Å². The van der Waals surface area contributed by atoms with Crippen LogP contribution in [0.5, 0.6) is 23.0 Å². The van der Waals surface area contributed by atoms with E-state index in [1.807, 2.05) is 0 Å². The maximum atomic E-state index is 6.86. The summed E-state index contributed by atoms with van der Waals surface area (Å²) in [5.74, 6) is 7.09. The van der Waals surface area contributed by atoms with Crippen molar-refractivity contribution in [2.45, 2.75) is 119 Å². The predicted molar refractivity (Wildman–Crippen MR) is 200 cm³/mol. The Morgan fingerprint density at radius 2 is 0.958 bits per heavy atom. The summed E-state index contributed by atoms with van der Waals surface area (Å²) < 4.78 is 13.7. The number of nitrogens with zero attached hydrogens (tertiary/aromatic N) is 1. The Hall–Kier alpha value is -2.88. The van der Waals surface area contributed by atoms with Crippen LogP contribution in [0.3, 0.4) is 0 Å². The van der Waals surface area contributed by atoms with Gasteiger partial charge in [-0.25, -0.2) is 0 Å². The summed E-state index contributed by atoms with van der Waals surface area (Å²) in [4.78, 5) is 2.95. The minimum absolute atomic E-state index is 0.126. The summed E-state index contributed by atoms with van der Waals surface area (Å²) in [7, 11) is 0. The van der Waals surface area contributed by atoms with Crippen molar-refractivity contribution in [2.24, 2.45) is 45.3 Å². The van der Waals surface area contributed by atoms with E-state index in [9.17, 15) is 0 Å². The first-order valence-electron chi connectivity index (χ1n) is 19.2. The van der Waals surface area contributed by atoms with E-state index in [4.69, 9.17) is 9.47 Å². The highest BCUT2D eigenvalue weighted by molar-refractivity contribution is 6.98. The molecule has 0 amide bonds. The summed E-state index contributed by atoms with van der Waals surface area (Å²) in [5, 5.41) is 0. The van der Waals surface area contributed by atoms with Gasteiger partial charge in [-0.3, -0.25) is 0 Å². The van der Waals surface area contributed by atoms with E-state index in [1.165, 1.54) is 73.4 Å². The second-order valence-electron chi connectivity index (χ2n) is 19.6. The van der Waals surface area contributed by atoms with Crippen molar-refractivity contribution in [2.75, 3.05) is 4.90 Å². The van der Waals surface area contributed by atoms with E-state index in [1.54, 1.807) is 0 Å². The van der Waals surface area contributed by atoms with Crippen molar-refractivity contribution < 1.29 is 9.47 Å². The first kappa shape index (κ1) is 31.1. The molecule has 0 aromatic heterocycles. The predicted octanol–water partition coefficient (Wildman–Crippen LogP) is 9.70. The zero-order valence-corrected chi connectivity index (χ0v) is 30.7. The average Bonchev–Trinajstić information content (AvgIpc) is 3.34. The Kier molecular flexibility index (Phi) is 6.70. The lowest BCUT2D eigenvalue weighted by Gasteiger charge is -2.51. The number of ether oxygens (including phenoxy) is 2. The van der Waals surface area contributed by atoms with Crippen molar-refractivity contribution >= 4 is 28.8 Å². The van der Waals surface area contributed by atoms with Crippen molar-refractivity contribution in [3.05, 3.63) is 60.7 Å². The molecule has 6 aliphatic rings. The van der Waals surface area contributed by atoms with Crippen LogP contribution in [0.1, 0.15) is 107 Å². The maximum absolute atomic E-state index is 6.86. The molecule has 4 fully saturated rings. The van der Waals surface area contributed by atoms with Gasteiger partial charge in [-0.2, -0.15) is 0 Å². The second-order valence-corrected chi connectivity index (χ2v) is 19.6. The zero-order chi connectivity index (χ0) is 33.4. The zero-order valence-electron chi connectivity index (χ0n) is 30.7. The Labute approximate surface area is 290 Å². The molecular weight excluding hydrogens is 585 g/mol. The quantitative estimate of drug-likeness (QED) is 0.183. The van der Waals surface area contributed by atoms with Crippen molar-refractivity contribution in [3.63, 3.8) is 0 Å². The van der Waals surface area contributed by atoms with Crippen LogP contribution in [0.15, 0.2) is 60.7 Å². The van der Waals surface area contributed by atoms with E-state index < -0.39 is 0 Å². The van der Waals surface area contributed by atoms with Crippen molar-refractivity contribution in [3.8, 4) is 23.0 Å². The summed E-state index contributed by atoms with van der Waals surface area (Å²) in [6.45, 7) is 20.6. The van der Waals surface area contributed by atoms with Gasteiger partial charge in [0.25, 0.3) is 6.71 Å². The highest BCUT2D eigenvalue weighted by Gasteiger charge is 2.57. The van der Waals surface area contributed by atoms with Gasteiger partial charge in [-0.05, 0) is 120 Å². The van der Waals surface area contributed by atoms with Crippen LogP contribution in [-0.4, -0.2) is 18.8 Å². The number of hydrogen-bond acceptors (Lipinski definition) is 3. The normalized spacial score (nSPS) is 32.5. The van der Waals surface area contributed by atoms with E-state index in [-0.39, 0.29) is 6.71 Å². The Bertz CT molecular complexity index is 1650. The van der Waals surface area contributed by atoms with E-state index in [2.05, 4.69) is 121 Å². The van der Waals surface area contributed by atoms with Crippen LogP contribution in [0, 0.1) is 45.3 Å². The van der Waals surface area contributed by atoms with Crippen molar-refractivity contribution in [1.29, 1.82) is 0 Å². The molecule has 9 rings (SSSR count). The molecule has 2 aliphatic heterocycles. The molecule has 0 spiro atoms. The number of rotatable bonds is 3. The van der Waals surface area contributed by atoms with Gasteiger partial charge in [0.2, 0.25) is 0 Å².